The molecular weight excluding hydrogens is 326 g/mol. The Kier molecular flexibility index (Phi) is 4.56. The van der Waals surface area contributed by atoms with E-state index in [1.807, 2.05) is 14.1 Å². The van der Waals surface area contributed by atoms with E-state index in [1.165, 1.54) is 17.5 Å². The van der Waals surface area contributed by atoms with E-state index in [4.69, 9.17) is 0 Å². The number of aliphatic hydroxyl groups excluding tert-OH is 2. The molecule has 0 aromatic heterocycles. The number of aryl methyl sites for hydroxylation is 1. The Hall–Kier alpha value is -1.46. The maximum absolute atomic E-state index is 10.5. The predicted octanol–water partition coefficient (Wildman–Crippen LogP) is 3.96. The van der Waals surface area contributed by atoms with Gasteiger partial charge in [0.15, 0.2) is 0 Å². The van der Waals surface area contributed by atoms with Crippen LogP contribution in [0.15, 0.2) is 22.5 Å². The highest BCUT2D eigenvalue weighted by molar-refractivity contribution is 5.53. The number of aliphatic hydroxyl groups is 2. The first kappa shape index (κ1) is 17.9. The molecule has 2 fully saturated rings. The van der Waals surface area contributed by atoms with Gasteiger partial charge in [0.1, 0.15) is 0 Å². The average Bonchev–Trinajstić information content (AvgIpc) is 2.94. The summed E-state index contributed by atoms with van der Waals surface area (Å²) < 4.78 is 0. The molecule has 26 heavy (non-hydrogen) atoms. The standard InChI is InChI=1S/C21H31N3O2/c1-21-9-8-15-16(18(21)6-7-20(21)26)5-4-13-10-14(12-25)19(11-17(13)15)22-23-24(2)3/h10-11,15-16,18,20,25-26H,4-9,12H2,1-3H3. The third kappa shape index (κ3) is 2.76. The van der Waals surface area contributed by atoms with Crippen LogP contribution in [0.4, 0.5) is 5.69 Å². The van der Waals surface area contributed by atoms with Gasteiger partial charge in [-0.15, -0.1) is 5.11 Å². The van der Waals surface area contributed by atoms with Crippen molar-refractivity contribution in [3.63, 3.8) is 0 Å². The van der Waals surface area contributed by atoms with Crippen molar-refractivity contribution in [2.45, 2.75) is 64.1 Å². The highest BCUT2D eigenvalue weighted by Gasteiger charge is 2.54. The number of hydrogen-bond donors (Lipinski definition) is 2. The van der Waals surface area contributed by atoms with Gasteiger partial charge in [-0.05, 0) is 78.9 Å². The monoisotopic (exact) mass is 357 g/mol. The second kappa shape index (κ2) is 6.61. The molecule has 5 heteroatoms. The molecule has 0 spiro atoms. The van der Waals surface area contributed by atoms with Crippen molar-refractivity contribution in [2.24, 2.45) is 27.6 Å². The quantitative estimate of drug-likeness (QED) is 0.635. The maximum atomic E-state index is 10.5. The summed E-state index contributed by atoms with van der Waals surface area (Å²) >= 11 is 0. The Labute approximate surface area is 156 Å². The van der Waals surface area contributed by atoms with Crippen LogP contribution in [-0.4, -0.2) is 35.4 Å². The fraction of sp³-hybridized carbons (Fsp3) is 0.714. The van der Waals surface area contributed by atoms with Gasteiger partial charge in [0, 0.05) is 19.7 Å². The van der Waals surface area contributed by atoms with Crippen LogP contribution in [0.2, 0.25) is 0 Å². The van der Waals surface area contributed by atoms with Gasteiger partial charge >= 0.3 is 0 Å². The molecule has 5 nitrogen and oxygen atoms in total. The third-order valence-corrected chi connectivity index (χ3v) is 7.38. The lowest BCUT2D eigenvalue weighted by Gasteiger charge is -2.50. The van der Waals surface area contributed by atoms with Gasteiger partial charge in [0.2, 0.25) is 0 Å². The Bertz CT molecular complexity index is 717. The van der Waals surface area contributed by atoms with Crippen molar-refractivity contribution < 1.29 is 10.2 Å². The highest BCUT2D eigenvalue weighted by atomic mass is 16.3. The van der Waals surface area contributed by atoms with E-state index in [-0.39, 0.29) is 18.1 Å². The molecule has 5 atom stereocenters. The Morgan fingerprint density at radius 3 is 2.73 bits per heavy atom. The molecule has 0 bridgehead atoms. The van der Waals surface area contributed by atoms with Gasteiger partial charge in [-0.25, -0.2) is 0 Å². The molecule has 1 aromatic carbocycles. The normalized spacial score (nSPS) is 35.9. The molecule has 0 aliphatic heterocycles. The lowest BCUT2D eigenvalue weighted by molar-refractivity contribution is -0.0226. The molecule has 142 valence electrons. The summed E-state index contributed by atoms with van der Waals surface area (Å²) in [6, 6.07) is 4.33. The van der Waals surface area contributed by atoms with E-state index >= 15 is 0 Å². The van der Waals surface area contributed by atoms with E-state index in [2.05, 4.69) is 29.4 Å². The minimum Gasteiger partial charge on any atom is -0.393 e. The average molecular weight is 357 g/mol. The topological polar surface area (TPSA) is 68.4 Å². The minimum absolute atomic E-state index is 0.00392. The van der Waals surface area contributed by atoms with E-state index < -0.39 is 0 Å². The number of fused-ring (bicyclic) bond motifs is 5. The second-order valence-corrected chi connectivity index (χ2v) is 8.93. The smallest absolute Gasteiger partial charge is 0.0932 e. The van der Waals surface area contributed by atoms with Crippen molar-refractivity contribution >= 4 is 5.69 Å². The first-order valence-electron chi connectivity index (χ1n) is 9.97. The van der Waals surface area contributed by atoms with Crippen LogP contribution in [0.5, 0.6) is 0 Å². The van der Waals surface area contributed by atoms with Crippen LogP contribution in [0.3, 0.4) is 0 Å². The molecule has 2 saturated carbocycles. The van der Waals surface area contributed by atoms with Gasteiger partial charge in [-0.1, -0.05) is 18.2 Å². The SMILES string of the molecule is CN(C)N=Nc1cc2c(cc1CO)CCC1C2CCC2(C)C(O)CCC12. The molecule has 2 N–H and O–H groups in total. The third-order valence-electron chi connectivity index (χ3n) is 7.38. The molecule has 3 aliphatic rings. The van der Waals surface area contributed by atoms with Crippen LogP contribution in [0.1, 0.15) is 61.6 Å². The molecule has 1 aromatic rings. The fourth-order valence-corrected chi connectivity index (χ4v) is 5.99. The summed E-state index contributed by atoms with van der Waals surface area (Å²) in [6.45, 7) is 2.31. The Balaban J connectivity index is 1.70. The predicted molar refractivity (Wildman–Crippen MR) is 101 cm³/mol. The Morgan fingerprint density at radius 1 is 1.19 bits per heavy atom. The first-order chi connectivity index (χ1) is 12.4. The molecular formula is C21H31N3O2. The minimum atomic E-state index is -0.129. The van der Waals surface area contributed by atoms with Gasteiger partial charge in [-0.2, -0.15) is 0 Å². The van der Waals surface area contributed by atoms with Crippen molar-refractivity contribution in [3.8, 4) is 0 Å². The highest BCUT2D eigenvalue weighted by Crippen LogP contribution is 2.61. The van der Waals surface area contributed by atoms with Crippen LogP contribution >= 0.6 is 0 Å². The van der Waals surface area contributed by atoms with Gasteiger partial charge in [0.25, 0.3) is 0 Å². The number of benzene rings is 1. The van der Waals surface area contributed by atoms with Crippen LogP contribution in [-0.2, 0) is 13.0 Å². The van der Waals surface area contributed by atoms with Gasteiger partial charge in [-0.3, -0.25) is 5.01 Å². The van der Waals surface area contributed by atoms with Crippen molar-refractivity contribution in [1.29, 1.82) is 0 Å². The van der Waals surface area contributed by atoms with Crippen LogP contribution in [0.25, 0.3) is 0 Å². The molecule has 0 heterocycles. The van der Waals surface area contributed by atoms with Gasteiger partial charge in [0.05, 0.1) is 18.4 Å². The van der Waals surface area contributed by atoms with Crippen molar-refractivity contribution in [2.75, 3.05) is 14.1 Å². The summed E-state index contributed by atoms with van der Waals surface area (Å²) in [6.07, 6.45) is 6.51. The zero-order chi connectivity index (χ0) is 18.5. The Morgan fingerprint density at radius 2 is 2.00 bits per heavy atom. The zero-order valence-electron chi connectivity index (χ0n) is 16.1. The van der Waals surface area contributed by atoms with E-state index in [0.717, 1.165) is 43.4 Å². The van der Waals surface area contributed by atoms with Gasteiger partial charge < -0.3 is 10.2 Å². The lowest BCUT2D eigenvalue weighted by Crippen LogP contribution is -2.43. The summed E-state index contributed by atoms with van der Waals surface area (Å²) in [5.41, 5.74) is 4.55. The zero-order valence-corrected chi connectivity index (χ0v) is 16.1. The number of nitrogens with zero attached hydrogens (tertiary/aromatic N) is 3. The summed E-state index contributed by atoms with van der Waals surface area (Å²) in [7, 11) is 3.70. The molecule has 0 saturated heterocycles. The number of rotatable bonds is 3. The summed E-state index contributed by atoms with van der Waals surface area (Å²) in [4.78, 5) is 0. The largest absolute Gasteiger partial charge is 0.393 e. The van der Waals surface area contributed by atoms with Crippen molar-refractivity contribution in [3.05, 3.63) is 28.8 Å². The van der Waals surface area contributed by atoms with Crippen LogP contribution in [0, 0.1) is 17.3 Å². The van der Waals surface area contributed by atoms with E-state index in [1.54, 1.807) is 5.01 Å². The summed E-state index contributed by atoms with van der Waals surface area (Å²) in [5.74, 6) is 1.86. The molecule has 0 amide bonds. The number of hydrogen-bond acceptors (Lipinski definition) is 4. The summed E-state index contributed by atoms with van der Waals surface area (Å²) in [5, 5.41) is 30.5. The van der Waals surface area contributed by atoms with E-state index in [0.29, 0.717) is 17.8 Å². The molecule has 3 aliphatic carbocycles. The molecule has 4 rings (SSSR count). The molecule has 5 unspecified atom stereocenters. The second-order valence-electron chi connectivity index (χ2n) is 8.93. The fourth-order valence-electron chi connectivity index (χ4n) is 5.99. The van der Waals surface area contributed by atoms with E-state index in [9.17, 15) is 10.2 Å². The first-order valence-corrected chi connectivity index (χ1v) is 9.97. The molecule has 0 radical (unpaired) electrons. The maximum Gasteiger partial charge on any atom is 0.0932 e. The van der Waals surface area contributed by atoms with Crippen molar-refractivity contribution in [1.82, 2.24) is 5.01 Å². The van der Waals surface area contributed by atoms with Crippen LogP contribution < -0.4 is 0 Å². The lowest BCUT2D eigenvalue weighted by atomic mass is 9.55.